The highest BCUT2D eigenvalue weighted by atomic mass is 19.1. The first kappa shape index (κ1) is 14.5. The van der Waals surface area contributed by atoms with E-state index in [9.17, 15) is 4.39 Å². The van der Waals surface area contributed by atoms with Gasteiger partial charge in [-0.15, -0.1) is 0 Å². The molecular formula is C17H20FNO. The lowest BCUT2D eigenvalue weighted by Crippen LogP contribution is -2.31. The zero-order valence-electron chi connectivity index (χ0n) is 11.9. The summed E-state index contributed by atoms with van der Waals surface area (Å²) < 4.78 is 18.5. The van der Waals surface area contributed by atoms with Crippen LogP contribution in [0.25, 0.3) is 0 Å². The van der Waals surface area contributed by atoms with Crippen molar-refractivity contribution in [3.05, 3.63) is 65.5 Å². The molecule has 0 saturated carbocycles. The molecule has 0 aliphatic heterocycles. The number of rotatable bonds is 6. The maximum atomic E-state index is 12.8. The molecule has 106 valence electrons. The molecule has 0 fully saturated rings. The van der Waals surface area contributed by atoms with Crippen molar-refractivity contribution in [3.63, 3.8) is 0 Å². The first-order valence-electron chi connectivity index (χ1n) is 6.81. The third kappa shape index (κ3) is 4.67. The van der Waals surface area contributed by atoms with Crippen LogP contribution < -0.4 is 10.1 Å². The second-order valence-corrected chi connectivity index (χ2v) is 5.03. The molecule has 2 aromatic carbocycles. The van der Waals surface area contributed by atoms with Gasteiger partial charge in [-0.05, 0) is 43.7 Å². The Hall–Kier alpha value is -1.87. The molecule has 0 aliphatic rings. The minimum absolute atomic E-state index is 0.204. The first-order chi connectivity index (χ1) is 9.63. The smallest absolute Gasteiger partial charge is 0.123 e. The van der Waals surface area contributed by atoms with Gasteiger partial charge in [0.05, 0.1) is 0 Å². The van der Waals surface area contributed by atoms with E-state index in [0.29, 0.717) is 13.2 Å². The fraction of sp³-hybridized carbons (Fsp3) is 0.294. The quantitative estimate of drug-likeness (QED) is 0.866. The summed E-state index contributed by atoms with van der Waals surface area (Å²) in [6, 6.07) is 14.8. The Bertz CT molecular complexity index is 472. The lowest BCUT2D eigenvalue weighted by Gasteiger charge is -2.15. The Labute approximate surface area is 119 Å². The van der Waals surface area contributed by atoms with Gasteiger partial charge in [-0.25, -0.2) is 4.39 Å². The average molecular weight is 273 g/mol. The van der Waals surface area contributed by atoms with Crippen LogP contribution in [0.4, 0.5) is 4.39 Å². The molecule has 0 amide bonds. The lowest BCUT2D eigenvalue weighted by molar-refractivity contribution is 0.272. The van der Waals surface area contributed by atoms with Crippen molar-refractivity contribution in [2.24, 2.45) is 0 Å². The summed E-state index contributed by atoms with van der Waals surface area (Å²) in [5.74, 6) is 0.676. The van der Waals surface area contributed by atoms with Gasteiger partial charge in [-0.3, -0.25) is 0 Å². The van der Waals surface area contributed by atoms with Crippen molar-refractivity contribution in [1.82, 2.24) is 5.32 Å². The van der Waals surface area contributed by atoms with Gasteiger partial charge in [0.25, 0.3) is 0 Å². The molecule has 2 rings (SSSR count). The van der Waals surface area contributed by atoms with Crippen LogP contribution in [-0.2, 0) is 6.54 Å². The largest absolute Gasteiger partial charge is 0.492 e. The van der Waals surface area contributed by atoms with Gasteiger partial charge in [0.2, 0.25) is 0 Å². The highest BCUT2D eigenvalue weighted by Crippen LogP contribution is 2.11. The number of aryl methyl sites for hydroxylation is 1. The molecule has 0 bridgehead atoms. The van der Waals surface area contributed by atoms with Crippen LogP contribution in [0.1, 0.15) is 18.1 Å². The summed E-state index contributed by atoms with van der Waals surface area (Å²) in [7, 11) is 0. The molecule has 0 saturated heterocycles. The molecule has 0 heterocycles. The fourth-order valence-electron chi connectivity index (χ4n) is 1.81. The Morgan fingerprint density at radius 3 is 2.35 bits per heavy atom. The third-order valence-corrected chi connectivity index (χ3v) is 3.09. The van der Waals surface area contributed by atoms with Gasteiger partial charge in [-0.1, -0.05) is 29.8 Å². The molecule has 2 aromatic rings. The van der Waals surface area contributed by atoms with Crippen molar-refractivity contribution in [2.45, 2.75) is 26.4 Å². The van der Waals surface area contributed by atoms with Crippen LogP contribution in [0.2, 0.25) is 0 Å². The number of hydrogen-bond donors (Lipinski definition) is 1. The monoisotopic (exact) mass is 273 g/mol. The van der Waals surface area contributed by atoms with Gasteiger partial charge in [0.1, 0.15) is 18.2 Å². The molecule has 1 unspecified atom stereocenters. The summed E-state index contributed by atoms with van der Waals surface area (Å²) in [4.78, 5) is 0. The Kier molecular flexibility index (Phi) is 5.13. The molecule has 0 radical (unpaired) electrons. The van der Waals surface area contributed by atoms with Crippen LogP contribution in [0, 0.1) is 12.7 Å². The lowest BCUT2D eigenvalue weighted by atomic mass is 10.2. The summed E-state index contributed by atoms with van der Waals surface area (Å²) >= 11 is 0. The van der Waals surface area contributed by atoms with E-state index in [1.54, 1.807) is 12.1 Å². The number of halogens is 1. The maximum absolute atomic E-state index is 12.8. The van der Waals surface area contributed by atoms with Crippen molar-refractivity contribution in [3.8, 4) is 5.75 Å². The summed E-state index contributed by atoms with van der Waals surface area (Å²) in [6.07, 6.45) is 0. The molecular weight excluding hydrogens is 253 g/mol. The van der Waals surface area contributed by atoms with E-state index in [2.05, 4.69) is 19.2 Å². The first-order valence-corrected chi connectivity index (χ1v) is 6.81. The van der Waals surface area contributed by atoms with Gasteiger partial charge in [-0.2, -0.15) is 0 Å². The van der Waals surface area contributed by atoms with Gasteiger partial charge < -0.3 is 10.1 Å². The highest BCUT2D eigenvalue weighted by Gasteiger charge is 2.03. The third-order valence-electron chi connectivity index (χ3n) is 3.09. The van der Waals surface area contributed by atoms with Crippen LogP contribution in [0.3, 0.4) is 0 Å². The van der Waals surface area contributed by atoms with E-state index in [-0.39, 0.29) is 11.9 Å². The topological polar surface area (TPSA) is 21.3 Å². The van der Waals surface area contributed by atoms with Crippen molar-refractivity contribution in [1.29, 1.82) is 0 Å². The Balaban J connectivity index is 1.73. The second kappa shape index (κ2) is 7.06. The molecule has 2 nitrogen and oxygen atoms in total. The predicted molar refractivity (Wildman–Crippen MR) is 79.4 cm³/mol. The number of hydrogen-bond acceptors (Lipinski definition) is 2. The van der Waals surface area contributed by atoms with Crippen molar-refractivity contribution < 1.29 is 9.13 Å². The molecule has 0 aliphatic carbocycles. The van der Waals surface area contributed by atoms with Gasteiger partial charge >= 0.3 is 0 Å². The zero-order chi connectivity index (χ0) is 14.4. The van der Waals surface area contributed by atoms with Crippen LogP contribution in [0.15, 0.2) is 48.5 Å². The fourth-order valence-corrected chi connectivity index (χ4v) is 1.81. The predicted octanol–water partition coefficient (Wildman–Crippen LogP) is 3.69. The maximum Gasteiger partial charge on any atom is 0.123 e. The minimum Gasteiger partial charge on any atom is -0.492 e. The van der Waals surface area contributed by atoms with Crippen molar-refractivity contribution in [2.75, 3.05) is 6.61 Å². The van der Waals surface area contributed by atoms with Gasteiger partial charge in [0.15, 0.2) is 0 Å². The van der Waals surface area contributed by atoms with E-state index in [1.807, 2.05) is 24.3 Å². The van der Waals surface area contributed by atoms with Crippen LogP contribution >= 0.6 is 0 Å². The standard InChI is InChI=1S/C17H20FNO/c1-13-3-9-17(10-4-13)20-12-14(2)19-11-15-5-7-16(18)8-6-15/h3-10,14,19H,11-12H2,1-2H3. The normalized spacial score (nSPS) is 12.2. The second-order valence-electron chi connectivity index (χ2n) is 5.03. The zero-order valence-corrected chi connectivity index (χ0v) is 11.9. The minimum atomic E-state index is -0.204. The summed E-state index contributed by atoms with van der Waals surface area (Å²) in [6.45, 7) is 5.43. The Morgan fingerprint density at radius 1 is 1.05 bits per heavy atom. The molecule has 0 spiro atoms. The van der Waals surface area contributed by atoms with E-state index >= 15 is 0 Å². The number of nitrogens with one attached hydrogen (secondary N) is 1. The Morgan fingerprint density at radius 2 is 1.70 bits per heavy atom. The molecule has 0 aromatic heterocycles. The van der Waals surface area contributed by atoms with Crippen LogP contribution in [0.5, 0.6) is 5.75 Å². The molecule has 1 N–H and O–H groups in total. The molecule has 20 heavy (non-hydrogen) atoms. The molecule has 3 heteroatoms. The van der Waals surface area contributed by atoms with E-state index < -0.39 is 0 Å². The summed E-state index contributed by atoms with van der Waals surface area (Å²) in [5.41, 5.74) is 2.29. The highest BCUT2D eigenvalue weighted by molar-refractivity contribution is 5.26. The summed E-state index contributed by atoms with van der Waals surface area (Å²) in [5, 5.41) is 3.35. The van der Waals surface area contributed by atoms with E-state index in [4.69, 9.17) is 4.74 Å². The van der Waals surface area contributed by atoms with Gasteiger partial charge in [0, 0.05) is 12.6 Å². The SMILES string of the molecule is Cc1ccc(OCC(C)NCc2ccc(F)cc2)cc1. The van der Waals surface area contributed by atoms with Crippen molar-refractivity contribution >= 4 is 0 Å². The van der Waals surface area contributed by atoms with E-state index in [1.165, 1.54) is 17.7 Å². The van der Waals surface area contributed by atoms with E-state index in [0.717, 1.165) is 11.3 Å². The molecule has 1 atom stereocenters. The average Bonchev–Trinajstić information content (AvgIpc) is 2.46. The number of benzene rings is 2. The van der Waals surface area contributed by atoms with Crippen LogP contribution in [-0.4, -0.2) is 12.6 Å². The number of ether oxygens (including phenoxy) is 1.